The minimum absolute atomic E-state index is 0.0317. The fourth-order valence-corrected chi connectivity index (χ4v) is 1.77. The number of nitrogens with zero attached hydrogens (tertiary/aromatic N) is 4. The summed E-state index contributed by atoms with van der Waals surface area (Å²) in [4.78, 5) is 4.13. The lowest BCUT2D eigenvalue weighted by molar-refractivity contribution is 0.318. The molecule has 0 aliphatic carbocycles. The van der Waals surface area contributed by atoms with Gasteiger partial charge in [0, 0.05) is 11.9 Å². The Bertz CT molecular complexity index is 615. The normalized spacial score (nSPS) is 11.8. The van der Waals surface area contributed by atoms with Crippen molar-refractivity contribution >= 4 is 5.84 Å². The molecular weight excluding hydrogens is 230 g/mol. The quantitative estimate of drug-likeness (QED) is 0.361. The van der Waals surface area contributed by atoms with Gasteiger partial charge in [0.15, 0.2) is 5.84 Å². The van der Waals surface area contributed by atoms with Gasteiger partial charge in [-0.05, 0) is 38.5 Å². The lowest BCUT2D eigenvalue weighted by Crippen LogP contribution is -2.19. The van der Waals surface area contributed by atoms with Crippen LogP contribution in [0.25, 0.3) is 5.69 Å². The Labute approximate surface area is 105 Å². The van der Waals surface area contributed by atoms with Crippen molar-refractivity contribution in [3.63, 3.8) is 0 Å². The molecule has 94 valence electrons. The molecule has 18 heavy (non-hydrogen) atoms. The summed E-state index contributed by atoms with van der Waals surface area (Å²) in [7, 11) is 0. The molecule has 0 amide bonds. The second kappa shape index (κ2) is 4.48. The van der Waals surface area contributed by atoms with Gasteiger partial charge in [-0.3, -0.25) is 4.98 Å². The van der Waals surface area contributed by atoms with Crippen LogP contribution < -0.4 is 5.73 Å². The number of oxime groups is 1. The average Bonchev–Trinajstić information content (AvgIpc) is 2.65. The minimum atomic E-state index is -0.0317. The van der Waals surface area contributed by atoms with Crippen molar-refractivity contribution < 1.29 is 5.21 Å². The molecule has 0 aromatic carbocycles. The van der Waals surface area contributed by atoms with Gasteiger partial charge in [0.1, 0.15) is 5.69 Å². The van der Waals surface area contributed by atoms with Crippen molar-refractivity contribution in [3.05, 3.63) is 41.0 Å². The van der Waals surface area contributed by atoms with Crippen LogP contribution >= 0.6 is 0 Å². The summed E-state index contributed by atoms with van der Waals surface area (Å²) in [5.41, 5.74) is 9.80. The van der Waals surface area contributed by atoms with Crippen LogP contribution in [0.5, 0.6) is 0 Å². The van der Waals surface area contributed by atoms with E-state index in [1.807, 2.05) is 26.8 Å². The molecule has 0 unspecified atom stereocenters. The van der Waals surface area contributed by atoms with Crippen LogP contribution in [-0.2, 0) is 0 Å². The molecule has 0 fully saturated rings. The van der Waals surface area contributed by atoms with Crippen molar-refractivity contribution in [1.29, 1.82) is 0 Å². The number of aromatic nitrogens is 3. The maximum atomic E-state index is 8.78. The average molecular weight is 245 g/mol. The molecule has 6 heteroatoms. The first-order valence-corrected chi connectivity index (χ1v) is 5.52. The number of nitrogens with two attached hydrogens (primary N) is 1. The molecule has 0 saturated carbocycles. The molecule has 2 aromatic rings. The van der Waals surface area contributed by atoms with Gasteiger partial charge >= 0.3 is 0 Å². The lowest BCUT2D eigenvalue weighted by Gasteiger charge is -2.08. The third-order valence-electron chi connectivity index (χ3n) is 3.02. The standard InChI is InChI=1S/C12H15N5O/c1-7-8(2)15-17(9(7)3)10-5-4-6-14-11(10)12(13)16-18/h4-6,18H,1-3H3,(H2,13,16). The van der Waals surface area contributed by atoms with Crippen molar-refractivity contribution in [2.24, 2.45) is 10.9 Å². The summed E-state index contributed by atoms with van der Waals surface area (Å²) >= 11 is 0. The number of hydrogen-bond acceptors (Lipinski definition) is 4. The number of amidine groups is 1. The first-order valence-electron chi connectivity index (χ1n) is 5.52. The molecule has 2 heterocycles. The van der Waals surface area contributed by atoms with Crippen molar-refractivity contribution in [1.82, 2.24) is 14.8 Å². The fourth-order valence-electron chi connectivity index (χ4n) is 1.77. The van der Waals surface area contributed by atoms with Crippen LogP contribution in [0.4, 0.5) is 0 Å². The van der Waals surface area contributed by atoms with E-state index in [1.165, 1.54) is 0 Å². The SMILES string of the molecule is Cc1nn(-c2cccnc2/C(N)=N/O)c(C)c1C. The van der Waals surface area contributed by atoms with Crippen LogP contribution in [-0.4, -0.2) is 25.8 Å². The summed E-state index contributed by atoms with van der Waals surface area (Å²) < 4.78 is 1.76. The summed E-state index contributed by atoms with van der Waals surface area (Å²) in [6, 6.07) is 3.62. The van der Waals surface area contributed by atoms with Crippen molar-refractivity contribution in [2.75, 3.05) is 0 Å². The molecule has 6 nitrogen and oxygen atoms in total. The van der Waals surface area contributed by atoms with Gasteiger partial charge in [-0.15, -0.1) is 0 Å². The van der Waals surface area contributed by atoms with E-state index < -0.39 is 0 Å². The molecule has 0 aliphatic rings. The summed E-state index contributed by atoms with van der Waals surface area (Å²) in [5, 5.41) is 16.2. The van der Waals surface area contributed by atoms with Crippen LogP contribution in [0.2, 0.25) is 0 Å². The Kier molecular flexibility index (Phi) is 3.01. The van der Waals surface area contributed by atoms with E-state index in [-0.39, 0.29) is 5.84 Å². The zero-order chi connectivity index (χ0) is 13.3. The highest BCUT2D eigenvalue weighted by molar-refractivity contribution is 5.98. The van der Waals surface area contributed by atoms with Gasteiger partial charge in [0.2, 0.25) is 0 Å². The van der Waals surface area contributed by atoms with Crippen LogP contribution in [0.15, 0.2) is 23.5 Å². The molecule has 0 bridgehead atoms. The number of pyridine rings is 1. The van der Waals surface area contributed by atoms with Gasteiger partial charge in [0.05, 0.1) is 11.4 Å². The summed E-state index contributed by atoms with van der Waals surface area (Å²) in [6.45, 7) is 5.92. The number of aryl methyl sites for hydroxylation is 1. The molecule has 0 atom stereocenters. The van der Waals surface area contributed by atoms with Crippen molar-refractivity contribution in [3.8, 4) is 5.69 Å². The molecule has 3 N–H and O–H groups in total. The van der Waals surface area contributed by atoms with Crippen LogP contribution in [0, 0.1) is 20.8 Å². The third kappa shape index (κ3) is 1.81. The Morgan fingerprint density at radius 3 is 2.67 bits per heavy atom. The highest BCUT2D eigenvalue weighted by Gasteiger charge is 2.15. The predicted octanol–water partition coefficient (Wildman–Crippen LogP) is 1.29. The Hall–Kier alpha value is -2.37. The highest BCUT2D eigenvalue weighted by atomic mass is 16.4. The van der Waals surface area contributed by atoms with E-state index in [0.717, 1.165) is 17.0 Å². The highest BCUT2D eigenvalue weighted by Crippen LogP contribution is 2.18. The largest absolute Gasteiger partial charge is 0.409 e. The van der Waals surface area contributed by atoms with Gasteiger partial charge in [0.25, 0.3) is 0 Å². The van der Waals surface area contributed by atoms with E-state index in [1.54, 1.807) is 16.9 Å². The maximum absolute atomic E-state index is 8.78. The van der Waals surface area contributed by atoms with Gasteiger partial charge < -0.3 is 10.9 Å². The second-order valence-corrected chi connectivity index (χ2v) is 4.06. The molecule has 2 aromatic heterocycles. The summed E-state index contributed by atoms with van der Waals surface area (Å²) in [5.74, 6) is -0.0317. The van der Waals surface area contributed by atoms with E-state index >= 15 is 0 Å². The number of rotatable bonds is 2. The first kappa shape index (κ1) is 12.1. The zero-order valence-electron chi connectivity index (χ0n) is 10.5. The van der Waals surface area contributed by atoms with Gasteiger partial charge in [-0.2, -0.15) is 5.10 Å². The van der Waals surface area contributed by atoms with Gasteiger partial charge in [-0.25, -0.2) is 4.68 Å². The van der Waals surface area contributed by atoms with E-state index in [9.17, 15) is 0 Å². The topological polar surface area (TPSA) is 89.3 Å². The zero-order valence-corrected chi connectivity index (χ0v) is 10.5. The maximum Gasteiger partial charge on any atom is 0.190 e. The molecule has 0 saturated heterocycles. The molecule has 2 rings (SSSR count). The third-order valence-corrected chi connectivity index (χ3v) is 3.02. The fraction of sp³-hybridized carbons (Fsp3) is 0.250. The van der Waals surface area contributed by atoms with E-state index in [2.05, 4.69) is 15.2 Å². The van der Waals surface area contributed by atoms with E-state index in [0.29, 0.717) is 11.4 Å². The van der Waals surface area contributed by atoms with E-state index in [4.69, 9.17) is 10.9 Å². The molecule has 0 spiro atoms. The van der Waals surface area contributed by atoms with Crippen LogP contribution in [0.1, 0.15) is 22.6 Å². The Morgan fingerprint density at radius 2 is 2.11 bits per heavy atom. The Balaban J connectivity index is 2.68. The second-order valence-electron chi connectivity index (χ2n) is 4.06. The van der Waals surface area contributed by atoms with Crippen LogP contribution in [0.3, 0.4) is 0 Å². The molecule has 0 radical (unpaired) electrons. The van der Waals surface area contributed by atoms with Gasteiger partial charge in [-0.1, -0.05) is 5.16 Å². The molecule has 0 aliphatic heterocycles. The lowest BCUT2D eigenvalue weighted by atomic mass is 10.2. The smallest absolute Gasteiger partial charge is 0.190 e. The minimum Gasteiger partial charge on any atom is -0.409 e. The summed E-state index contributed by atoms with van der Waals surface area (Å²) in [6.07, 6.45) is 1.59. The molecular formula is C12H15N5O. The predicted molar refractivity (Wildman–Crippen MR) is 68.1 cm³/mol. The Morgan fingerprint density at radius 1 is 1.39 bits per heavy atom. The number of hydrogen-bond donors (Lipinski definition) is 2. The monoisotopic (exact) mass is 245 g/mol. The first-order chi connectivity index (χ1) is 8.56. The van der Waals surface area contributed by atoms with Crippen molar-refractivity contribution in [2.45, 2.75) is 20.8 Å².